The van der Waals surface area contributed by atoms with E-state index in [1.807, 2.05) is 102 Å². The summed E-state index contributed by atoms with van der Waals surface area (Å²) in [5, 5.41) is 40.6. The summed E-state index contributed by atoms with van der Waals surface area (Å²) in [6.45, 7) is 2.90. The van der Waals surface area contributed by atoms with E-state index in [9.17, 15) is 36.6 Å². The van der Waals surface area contributed by atoms with Crippen molar-refractivity contribution in [3.05, 3.63) is 270 Å². The Labute approximate surface area is 767 Å². The van der Waals surface area contributed by atoms with E-state index in [-0.39, 0.29) is 84.2 Å². The van der Waals surface area contributed by atoms with Crippen LogP contribution in [0.25, 0.3) is 55.6 Å². The van der Waals surface area contributed by atoms with Crippen molar-refractivity contribution in [3.63, 3.8) is 0 Å². The van der Waals surface area contributed by atoms with Crippen molar-refractivity contribution >= 4 is 195 Å². The zero-order valence-corrected chi connectivity index (χ0v) is 76.2. The number of alkyl halides is 1. The highest BCUT2D eigenvalue weighted by Crippen LogP contribution is 2.47. The number of phenolic OH excluding ortho intramolecular Hbond substituents is 1. The molecule has 11 aromatic carbocycles. The minimum atomic E-state index is -1.71. The predicted octanol–water partition coefficient (Wildman–Crippen LogP) is 27.5. The van der Waals surface area contributed by atoms with Gasteiger partial charge in [-0.25, -0.2) is 26.3 Å². The van der Waals surface area contributed by atoms with Crippen LogP contribution in [0.3, 0.4) is 0 Å². The molecule has 3 heterocycles. The highest BCUT2D eigenvalue weighted by Gasteiger charge is 2.26. The van der Waals surface area contributed by atoms with Crippen LogP contribution in [-0.4, -0.2) is 121 Å². The second kappa shape index (κ2) is 55.8. The maximum Gasteiger partial charge on any atom is 0.492 e. The number of aliphatic hydroxyl groups excluding tert-OH is 1. The van der Waals surface area contributed by atoms with Crippen molar-refractivity contribution in [2.45, 2.75) is 62.0 Å². The summed E-state index contributed by atoms with van der Waals surface area (Å²) < 4.78 is 117. The number of fused-ring (bicyclic) bond motifs is 1. The molecule has 2 atom stereocenters. The van der Waals surface area contributed by atoms with Gasteiger partial charge in [-0.1, -0.05) is 187 Å². The number of epoxide rings is 1. The topological polar surface area (TPSA) is 149 Å². The Hall–Kier alpha value is -5.12. The number of rotatable bonds is 14. The van der Waals surface area contributed by atoms with Crippen LogP contribution >= 0.6 is 179 Å². The van der Waals surface area contributed by atoms with E-state index in [1.165, 1.54) is 128 Å². The fourth-order valence-corrected chi connectivity index (χ4v) is 14.9. The average molecular weight is 2140 g/mol. The normalized spacial score (nSPS) is 12.7. The van der Waals surface area contributed by atoms with Gasteiger partial charge in [0.25, 0.3) is 0 Å². The number of benzene rings is 11. The van der Waals surface area contributed by atoms with Crippen LogP contribution in [0.1, 0.15) is 35.1 Å². The monoisotopic (exact) mass is 2130 g/mol. The minimum Gasteiger partial charge on any atom is -0.506 e. The zero-order valence-electron chi connectivity index (χ0n) is 61.5. The van der Waals surface area contributed by atoms with E-state index in [2.05, 4.69) is 63.2 Å². The van der Waals surface area contributed by atoms with Gasteiger partial charge in [0.05, 0.1) is 66.0 Å². The second-order valence-corrected chi connectivity index (χ2v) is 36.4. The first-order valence-corrected chi connectivity index (χ1v) is 44.1. The molecular weight excluding hydrogens is 2050 g/mol. The predicted molar refractivity (Wildman–Crippen MR) is 503 cm³/mol. The average Bonchev–Trinajstić information content (AvgIpc) is 1.19. The first kappa shape index (κ1) is 106. The molecule has 0 aliphatic carbocycles. The molecule has 628 valence electrons. The molecule has 0 saturated carbocycles. The van der Waals surface area contributed by atoms with Crippen LogP contribution in [-0.2, 0) is 9.47 Å². The number of methoxy groups -OCH3 is 4. The molecule has 0 bridgehead atoms. The van der Waals surface area contributed by atoms with Crippen molar-refractivity contribution in [1.29, 1.82) is 0 Å². The lowest BCUT2D eigenvalue weighted by molar-refractivity contribution is 0.127. The Morgan fingerprint density at radius 2 is 0.855 bits per heavy atom. The SMILES string of the molecule is BrB(Br)Br.BrCC1CO1.C.C.C.C1CCOC1.COc1c(I)cc(F)cc1-c1ccccc1Cl.COc1c(SC)cc(F)cc1-c1ccccc1Cl.COc1ccc(F)cc1-c1ccccc1Cl.COc1ccc(F)cc1B(O)O.CSc1cc(F)cc(-c2ccccc2Cl)c1O.OCC1CSc2cc(F)cc(-c3ccccc3Cl)c2O1. The molecule has 14 rings (SSSR count). The first-order valence-electron chi connectivity index (χ1n) is 33.9. The highest BCUT2D eigenvalue weighted by molar-refractivity contribution is 14.1. The molecule has 0 aromatic heterocycles. The molecule has 2 fully saturated rings. The van der Waals surface area contributed by atoms with Crippen molar-refractivity contribution in [1.82, 2.24) is 0 Å². The Morgan fingerprint density at radius 1 is 0.479 bits per heavy atom. The summed E-state index contributed by atoms with van der Waals surface area (Å²) >= 11 is 49.4. The summed E-state index contributed by atoms with van der Waals surface area (Å²) in [6.07, 6.45) is 6.49. The standard InChI is InChI=1S/C15H12ClFO2S.C14H12ClFOS.C13H9ClFIO.C13H10ClFOS.C13H10ClFO.C7H8BFO3.C4H8O.C3H5BrO.3CH4.BBr3/c16-13-4-2-1-3-11(13)12-5-9(17)6-14-15(12)19-10(7-18)8-20-14;1-17-14-11(7-9(16)8-13(14)18-2)10-5-3-4-6-12(10)15;1-17-13-10(6-8(15)7-12(13)16)9-4-2-3-5-11(9)14;1-17-12-7-8(15)6-10(13(12)16)9-4-2-3-5-11(9)14;1-16-13-7-6-9(15)8-11(13)10-4-2-3-5-12(10)14;1-12-7-3-2-5(9)4-6(7)8(10)11;1-2-4-5-3-1;4-1-3-2-5-3;;;;2-1(3)4/h1-6,10,18H,7-8H2;3-8H,1-2H3;2-7H,1H3;2-7,16H,1H3;2-8H,1H3;2-4,10-11H,1H3;1-4H2;3H,1-2H2;3*1H4;. The number of thioether (sulfide) groups is 3. The van der Waals surface area contributed by atoms with E-state index in [0.717, 1.165) is 66.8 Å². The molecule has 3 aliphatic heterocycles. The van der Waals surface area contributed by atoms with Gasteiger partial charge < -0.3 is 53.4 Å². The third kappa shape index (κ3) is 33.9. The maximum absolute atomic E-state index is 13.8. The van der Waals surface area contributed by atoms with Crippen molar-refractivity contribution in [2.24, 2.45) is 0 Å². The van der Waals surface area contributed by atoms with Crippen LogP contribution in [0.2, 0.25) is 25.1 Å². The number of aliphatic hydroxyl groups is 1. The largest absolute Gasteiger partial charge is 0.506 e. The number of phenols is 1. The van der Waals surface area contributed by atoms with Gasteiger partial charge in [-0.05, 0) is 163 Å². The second-order valence-electron chi connectivity index (χ2n) is 23.4. The molecule has 11 aromatic rings. The van der Waals surface area contributed by atoms with Gasteiger partial charge in [0.2, 0.25) is 0 Å². The first-order chi connectivity index (χ1) is 54.6. The van der Waals surface area contributed by atoms with E-state index >= 15 is 0 Å². The van der Waals surface area contributed by atoms with Gasteiger partial charge in [0.15, 0.2) is 0 Å². The van der Waals surface area contributed by atoms with Gasteiger partial charge in [-0.3, -0.25) is 0 Å². The number of halogens is 16. The van der Waals surface area contributed by atoms with Crippen molar-refractivity contribution in [2.75, 3.05) is 78.5 Å². The molecule has 117 heavy (non-hydrogen) atoms. The van der Waals surface area contributed by atoms with Gasteiger partial charge >= 0.3 is 10.3 Å². The Balaban J connectivity index is 0.000000350. The van der Waals surface area contributed by atoms with Gasteiger partial charge in [-0.15, -0.1) is 82.6 Å². The quantitative estimate of drug-likeness (QED) is 0.0204. The summed E-state index contributed by atoms with van der Waals surface area (Å²) in [5.74, 6) is 1.27. The lowest BCUT2D eigenvalue weighted by atomic mass is 9.79. The third-order valence-electron chi connectivity index (χ3n) is 15.7. The maximum atomic E-state index is 13.8. The van der Waals surface area contributed by atoms with Gasteiger partial charge in [0.1, 0.15) is 75.5 Å². The Morgan fingerprint density at radius 3 is 1.25 bits per heavy atom. The van der Waals surface area contributed by atoms with Crippen LogP contribution < -0.4 is 29.1 Å². The fourth-order valence-electron chi connectivity index (χ4n) is 10.4. The Bertz CT molecular complexity index is 4880. The molecule has 11 nitrogen and oxygen atoms in total. The number of hydrogen-bond donors (Lipinski definition) is 4. The van der Waals surface area contributed by atoms with E-state index in [0.29, 0.717) is 98.2 Å². The summed E-state index contributed by atoms with van der Waals surface area (Å²) in [7, 11) is 4.35. The molecular formula is C85H86B2Br4Cl5F6IO11S3. The van der Waals surface area contributed by atoms with Crippen molar-refractivity contribution in [3.8, 4) is 90.1 Å². The number of ether oxygens (including phenoxy) is 7. The summed E-state index contributed by atoms with van der Waals surface area (Å²) in [5.41, 5.74) is 6.72. The molecule has 0 spiro atoms. The molecule has 0 amide bonds. The van der Waals surface area contributed by atoms with Gasteiger partial charge in [-0.2, -0.15) is 0 Å². The lowest BCUT2D eigenvalue weighted by Gasteiger charge is -2.26. The number of aromatic hydroxyl groups is 1. The number of hydrogen-bond acceptors (Lipinski definition) is 14. The summed E-state index contributed by atoms with van der Waals surface area (Å²) in [4.78, 5) is 2.00. The van der Waals surface area contributed by atoms with E-state index < -0.39 is 12.9 Å². The third-order valence-corrected chi connectivity index (χ3v) is 21.5. The van der Waals surface area contributed by atoms with Crippen molar-refractivity contribution < 1.29 is 79.8 Å². The van der Waals surface area contributed by atoms with Gasteiger partial charge in [0, 0.05) is 111 Å². The zero-order chi connectivity index (χ0) is 83.6. The van der Waals surface area contributed by atoms with Crippen LogP contribution in [0.5, 0.6) is 34.5 Å². The summed E-state index contributed by atoms with van der Waals surface area (Å²) in [6, 6.07) is 55.4. The fraction of sp³-hybridized carbons (Fsp3) is 0.224. The molecule has 2 saturated heterocycles. The van der Waals surface area contributed by atoms with E-state index in [4.69, 9.17) is 101 Å². The van der Waals surface area contributed by atoms with Crippen LogP contribution in [0.4, 0.5) is 26.3 Å². The van der Waals surface area contributed by atoms with Crippen LogP contribution in [0.15, 0.2) is 221 Å². The molecule has 0 radical (unpaired) electrons. The minimum absolute atomic E-state index is 0. The lowest BCUT2D eigenvalue weighted by Crippen LogP contribution is -2.31. The molecule has 4 N–H and O–H groups in total. The van der Waals surface area contributed by atoms with Crippen LogP contribution in [0, 0.1) is 38.5 Å². The molecule has 3 aliphatic rings. The molecule has 32 heteroatoms. The highest BCUT2D eigenvalue weighted by atomic mass is 127. The molecule has 2 unspecified atom stereocenters. The Kier molecular flexibility index (Phi) is 50.6. The smallest absolute Gasteiger partial charge is 0.492 e. The van der Waals surface area contributed by atoms with E-state index in [1.54, 1.807) is 82.2 Å².